The van der Waals surface area contributed by atoms with Crippen LogP contribution in [0, 0.1) is 0 Å². The quantitative estimate of drug-likeness (QED) is 0.809. The largest absolute Gasteiger partial charge is 0.326 e. The van der Waals surface area contributed by atoms with Crippen LogP contribution in [0.4, 0.5) is 5.69 Å². The summed E-state index contributed by atoms with van der Waals surface area (Å²) in [6.07, 6.45) is 8.84. The van der Waals surface area contributed by atoms with Crippen molar-refractivity contribution >= 4 is 17.4 Å². The first-order valence-corrected chi connectivity index (χ1v) is 8.30. The van der Waals surface area contributed by atoms with Crippen molar-refractivity contribution in [2.75, 3.05) is 5.32 Å². The number of aryl methyl sites for hydroxylation is 1. The molecule has 0 bridgehead atoms. The maximum absolute atomic E-state index is 12.0. The van der Waals surface area contributed by atoms with E-state index in [9.17, 15) is 9.59 Å². The number of hydrogen-bond acceptors (Lipinski definition) is 2. The number of ketones is 1. The number of anilines is 1. The average Bonchev–Trinajstić information content (AvgIpc) is 2.54. The number of hydrogen-bond donors (Lipinski definition) is 1. The molecule has 0 radical (unpaired) electrons. The van der Waals surface area contributed by atoms with Crippen molar-refractivity contribution in [2.24, 2.45) is 0 Å². The molecule has 3 heteroatoms. The minimum absolute atomic E-state index is 0.0848. The molecule has 22 heavy (non-hydrogen) atoms. The molecule has 0 saturated heterocycles. The van der Waals surface area contributed by atoms with Gasteiger partial charge in [0, 0.05) is 18.5 Å². The Morgan fingerprint density at radius 3 is 2.77 bits per heavy atom. The summed E-state index contributed by atoms with van der Waals surface area (Å²) >= 11 is 0. The number of Topliss-reactive ketones (excluding diaryl/α,β-unsaturated/α-hetero) is 1. The van der Waals surface area contributed by atoms with Crippen molar-refractivity contribution in [3.63, 3.8) is 0 Å². The first-order valence-electron chi connectivity index (χ1n) is 8.30. The van der Waals surface area contributed by atoms with Crippen LogP contribution in [0.25, 0.3) is 0 Å². The molecule has 0 atom stereocenters. The topological polar surface area (TPSA) is 46.2 Å². The van der Waals surface area contributed by atoms with Crippen molar-refractivity contribution < 1.29 is 9.59 Å². The summed E-state index contributed by atoms with van der Waals surface area (Å²) in [5.74, 6) is 0.0491. The fourth-order valence-corrected chi connectivity index (χ4v) is 2.80. The van der Waals surface area contributed by atoms with E-state index in [1.165, 1.54) is 12.0 Å². The number of benzene rings is 1. The van der Waals surface area contributed by atoms with E-state index in [4.69, 9.17) is 0 Å². The molecule has 1 aromatic rings. The van der Waals surface area contributed by atoms with Crippen molar-refractivity contribution in [2.45, 2.75) is 58.3 Å². The molecule has 1 aromatic carbocycles. The molecule has 1 N–H and O–H groups in total. The van der Waals surface area contributed by atoms with Crippen molar-refractivity contribution in [3.05, 3.63) is 41.5 Å². The van der Waals surface area contributed by atoms with Gasteiger partial charge < -0.3 is 5.32 Å². The Hall–Kier alpha value is -1.90. The molecule has 0 saturated carbocycles. The Bertz CT molecular complexity index is 560. The summed E-state index contributed by atoms with van der Waals surface area (Å²) in [6, 6.07) is 7.92. The third-order valence-electron chi connectivity index (χ3n) is 3.98. The summed E-state index contributed by atoms with van der Waals surface area (Å²) in [7, 11) is 0. The van der Waals surface area contributed by atoms with Gasteiger partial charge in [0.1, 0.15) is 0 Å². The van der Waals surface area contributed by atoms with Crippen molar-refractivity contribution in [1.29, 1.82) is 0 Å². The smallest absolute Gasteiger partial charge is 0.224 e. The predicted octanol–water partition coefficient (Wildman–Crippen LogP) is 4.43. The molecule has 0 spiro atoms. The van der Waals surface area contributed by atoms with Gasteiger partial charge in [0.15, 0.2) is 5.78 Å². The number of amides is 1. The van der Waals surface area contributed by atoms with Gasteiger partial charge in [-0.25, -0.2) is 0 Å². The minimum atomic E-state index is -0.0848. The Balaban J connectivity index is 1.81. The summed E-state index contributed by atoms with van der Waals surface area (Å²) in [4.78, 5) is 24.0. The summed E-state index contributed by atoms with van der Waals surface area (Å²) in [6.45, 7) is 2.14. The highest BCUT2D eigenvalue weighted by molar-refractivity contribution is 5.99. The van der Waals surface area contributed by atoms with Crippen LogP contribution in [0.3, 0.4) is 0 Å². The standard InChI is InChI=1S/C19H25NO2/c1-2-7-15-8-6-11-17(14-15)20-19(22)13-12-18(21)16-9-4-3-5-10-16/h6,8-9,11,14H,2-5,7,10,12-13H2,1H3,(H,20,22). The van der Waals surface area contributed by atoms with Gasteiger partial charge in [0.2, 0.25) is 5.91 Å². The Labute approximate surface area is 132 Å². The molecule has 118 valence electrons. The van der Waals surface area contributed by atoms with Gasteiger partial charge in [-0.15, -0.1) is 0 Å². The van der Waals surface area contributed by atoms with Crippen LogP contribution < -0.4 is 5.32 Å². The highest BCUT2D eigenvalue weighted by Gasteiger charge is 2.14. The van der Waals surface area contributed by atoms with Crippen molar-refractivity contribution in [3.8, 4) is 0 Å². The molecule has 2 rings (SSSR count). The zero-order valence-corrected chi connectivity index (χ0v) is 13.4. The lowest BCUT2D eigenvalue weighted by Gasteiger charge is -2.11. The monoisotopic (exact) mass is 299 g/mol. The predicted molar refractivity (Wildman–Crippen MR) is 89.9 cm³/mol. The molecule has 0 unspecified atom stereocenters. The zero-order valence-electron chi connectivity index (χ0n) is 13.4. The van der Waals surface area contributed by atoms with E-state index in [1.807, 2.05) is 24.3 Å². The lowest BCUT2D eigenvalue weighted by molar-refractivity contribution is -0.121. The van der Waals surface area contributed by atoms with Crippen LogP contribution in [0.15, 0.2) is 35.9 Å². The fourth-order valence-electron chi connectivity index (χ4n) is 2.80. The van der Waals surface area contributed by atoms with E-state index in [-0.39, 0.29) is 18.1 Å². The number of nitrogens with one attached hydrogen (secondary N) is 1. The Kier molecular flexibility index (Phi) is 6.38. The van der Waals surface area contributed by atoms with E-state index in [2.05, 4.69) is 18.3 Å². The van der Waals surface area contributed by atoms with Gasteiger partial charge >= 0.3 is 0 Å². The zero-order chi connectivity index (χ0) is 15.8. The Morgan fingerprint density at radius 1 is 1.18 bits per heavy atom. The highest BCUT2D eigenvalue weighted by Crippen LogP contribution is 2.20. The average molecular weight is 299 g/mol. The first-order chi connectivity index (χ1) is 10.7. The van der Waals surface area contributed by atoms with Gasteiger partial charge in [-0.2, -0.15) is 0 Å². The lowest BCUT2D eigenvalue weighted by atomic mass is 9.94. The molecule has 0 aliphatic heterocycles. The third kappa shape index (κ3) is 5.14. The van der Waals surface area contributed by atoms with Crippen LogP contribution in [0.5, 0.6) is 0 Å². The molecule has 1 aliphatic rings. The molecular formula is C19H25NO2. The van der Waals surface area contributed by atoms with Gasteiger partial charge in [-0.05, 0) is 55.4 Å². The summed E-state index contributed by atoms with van der Waals surface area (Å²) < 4.78 is 0. The van der Waals surface area contributed by atoms with Gasteiger partial charge in [0.05, 0.1) is 0 Å². The maximum atomic E-state index is 12.0. The second kappa shape index (κ2) is 8.52. The van der Waals surface area contributed by atoms with Crippen LogP contribution in [0.2, 0.25) is 0 Å². The van der Waals surface area contributed by atoms with E-state index in [0.717, 1.165) is 43.4 Å². The van der Waals surface area contributed by atoms with Crippen LogP contribution >= 0.6 is 0 Å². The summed E-state index contributed by atoms with van der Waals surface area (Å²) in [5, 5.41) is 2.89. The van der Waals surface area contributed by atoms with Crippen LogP contribution in [-0.2, 0) is 16.0 Å². The first kappa shape index (κ1) is 16.5. The maximum Gasteiger partial charge on any atom is 0.224 e. The molecule has 0 heterocycles. The lowest BCUT2D eigenvalue weighted by Crippen LogP contribution is -2.14. The van der Waals surface area contributed by atoms with Crippen molar-refractivity contribution in [1.82, 2.24) is 0 Å². The van der Waals surface area contributed by atoms with E-state index < -0.39 is 0 Å². The molecule has 1 amide bonds. The number of allylic oxidation sites excluding steroid dienone is 2. The normalized spacial score (nSPS) is 14.3. The minimum Gasteiger partial charge on any atom is -0.326 e. The third-order valence-corrected chi connectivity index (χ3v) is 3.98. The van der Waals surface area contributed by atoms with Gasteiger partial charge in [-0.3, -0.25) is 9.59 Å². The van der Waals surface area contributed by atoms with Crippen LogP contribution in [0.1, 0.15) is 57.4 Å². The van der Waals surface area contributed by atoms with Gasteiger partial charge in [0.25, 0.3) is 0 Å². The van der Waals surface area contributed by atoms with E-state index in [1.54, 1.807) is 0 Å². The van der Waals surface area contributed by atoms with E-state index >= 15 is 0 Å². The molecule has 3 nitrogen and oxygen atoms in total. The van der Waals surface area contributed by atoms with E-state index in [0.29, 0.717) is 6.42 Å². The highest BCUT2D eigenvalue weighted by atomic mass is 16.2. The summed E-state index contributed by atoms with van der Waals surface area (Å²) in [5.41, 5.74) is 2.97. The van der Waals surface area contributed by atoms with Gasteiger partial charge in [-0.1, -0.05) is 31.6 Å². The molecular weight excluding hydrogens is 274 g/mol. The second-order valence-corrected chi connectivity index (χ2v) is 5.90. The molecule has 0 fully saturated rings. The Morgan fingerprint density at radius 2 is 2.05 bits per heavy atom. The number of carbonyl (C=O) groups is 2. The number of carbonyl (C=O) groups excluding carboxylic acids is 2. The van der Waals surface area contributed by atoms with Crippen LogP contribution in [-0.4, -0.2) is 11.7 Å². The second-order valence-electron chi connectivity index (χ2n) is 5.90. The molecule has 0 aromatic heterocycles. The SMILES string of the molecule is CCCc1cccc(NC(=O)CCC(=O)C2=CCCCC2)c1. The number of rotatable bonds is 7. The fraction of sp³-hybridized carbons (Fsp3) is 0.474. The molecule has 1 aliphatic carbocycles.